The fourth-order valence-electron chi connectivity index (χ4n) is 1.52. The van der Waals surface area contributed by atoms with E-state index in [4.69, 9.17) is 16.3 Å². The third kappa shape index (κ3) is 5.09. The maximum Gasteiger partial charge on any atom is 0.233 e. The number of nitrogens with one attached hydrogen (secondary N) is 2. The molecule has 0 aliphatic carbocycles. The summed E-state index contributed by atoms with van der Waals surface area (Å²) in [5.74, 6) is -0.150. The molecule has 1 atom stereocenters. The Morgan fingerprint density at radius 1 is 1.35 bits per heavy atom. The average molecular weight is 299 g/mol. The molecule has 0 radical (unpaired) electrons. The molecule has 5 nitrogen and oxygen atoms in total. The summed E-state index contributed by atoms with van der Waals surface area (Å²) >= 11 is 5.95. The van der Waals surface area contributed by atoms with Crippen molar-refractivity contribution in [3.63, 3.8) is 0 Å². The van der Waals surface area contributed by atoms with Gasteiger partial charge in [0.05, 0.1) is 12.1 Å². The van der Waals surface area contributed by atoms with Crippen LogP contribution in [0, 0.1) is 0 Å². The highest BCUT2D eigenvalue weighted by atomic mass is 35.5. The van der Waals surface area contributed by atoms with E-state index in [1.54, 1.807) is 18.2 Å². The Bertz CT molecular complexity index is 491. The second-order valence-corrected chi connectivity index (χ2v) is 4.86. The average Bonchev–Trinajstić information content (AvgIpc) is 2.38. The standard InChI is InChI=1S/C14H19ClN2O3/c1-4-9(2)16-13(18)8-14(19)17-10-5-6-12(20-3)11(15)7-10/h5-7,9H,4,8H2,1-3H3,(H,16,18)(H,17,19). The molecule has 110 valence electrons. The lowest BCUT2D eigenvalue weighted by atomic mass is 10.2. The molecule has 0 aromatic heterocycles. The number of rotatable bonds is 6. The van der Waals surface area contributed by atoms with Crippen molar-refractivity contribution < 1.29 is 14.3 Å². The second kappa shape index (κ2) is 7.75. The van der Waals surface area contributed by atoms with E-state index in [1.807, 2.05) is 13.8 Å². The molecular formula is C14H19ClN2O3. The number of halogens is 1. The minimum Gasteiger partial charge on any atom is -0.495 e. The Kier molecular flexibility index (Phi) is 6.31. The van der Waals surface area contributed by atoms with Crippen LogP contribution < -0.4 is 15.4 Å². The normalized spacial score (nSPS) is 11.6. The summed E-state index contributed by atoms with van der Waals surface area (Å²) in [6.07, 6.45) is 0.607. The van der Waals surface area contributed by atoms with Gasteiger partial charge < -0.3 is 15.4 Å². The van der Waals surface area contributed by atoms with E-state index in [2.05, 4.69) is 10.6 Å². The molecule has 6 heteroatoms. The van der Waals surface area contributed by atoms with Crippen LogP contribution in [0.25, 0.3) is 0 Å². The summed E-state index contributed by atoms with van der Waals surface area (Å²) in [5.41, 5.74) is 0.525. The summed E-state index contributed by atoms with van der Waals surface area (Å²) in [6.45, 7) is 3.85. The summed E-state index contributed by atoms with van der Waals surface area (Å²) in [4.78, 5) is 23.3. The van der Waals surface area contributed by atoms with Crippen molar-refractivity contribution in [2.75, 3.05) is 12.4 Å². The zero-order valence-electron chi connectivity index (χ0n) is 11.8. The van der Waals surface area contributed by atoms with Gasteiger partial charge in [0.25, 0.3) is 0 Å². The van der Waals surface area contributed by atoms with E-state index in [0.717, 1.165) is 6.42 Å². The van der Waals surface area contributed by atoms with Crippen molar-refractivity contribution in [3.8, 4) is 5.75 Å². The summed E-state index contributed by atoms with van der Waals surface area (Å²) in [6, 6.07) is 4.95. The lowest BCUT2D eigenvalue weighted by Crippen LogP contribution is -2.34. The largest absolute Gasteiger partial charge is 0.495 e. The molecule has 0 fully saturated rings. The highest BCUT2D eigenvalue weighted by Crippen LogP contribution is 2.27. The van der Waals surface area contributed by atoms with Crippen LogP contribution in [0.5, 0.6) is 5.75 Å². The maximum absolute atomic E-state index is 11.7. The minimum absolute atomic E-state index is 0.0609. The van der Waals surface area contributed by atoms with Crippen LogP contribution in [-0.4, -0.2) is 25.0 Å². The van der Waals surface area contributed by atoms with Gasteiger partial charge in [0.2, 0.25) is 11.8 Å². The molecule has 1 aromatic rings. The van der Waals surface area contributed by atoms with Crippen molar-refractivity contribution in [1.82, 2.24) is 5.32 Å². The number of amides is 2. The van der Waals surface area contributed by atoms with Crippen LogP contribution in [0.1, 0.15) is 26.7 Å². The quantitative estimate of drug-likeness (QED) is 0.793. The lowest BCUT2D eigenvalue weighted by Gasteiger charge is -2.11. The van der Waals surface area contributed by atoms with Crippen LogP contribution in [0.3, 0.4) is 0 Å². The van der Waals surface area contributed by atoms with Crippen LogP contribution in [0.2, 0.25) is 5.02 Å². The van der Waals surface area contributed by atoms with Crippen molar-refractivity contribution in [2.24, 2.45) is 0 Å². The molecule has 0 aliphatic heterocycles. The van der Waals surface area contributed by atoms with E-state index >= 15 is 0 Å². The first kappa shape index (κ1) is 16.3. The van der Waals surface area contributed by atoms with Gasteiger partial charge in [0, 0.05) is 11.7 Å². The van der Waals surface area contributed by atoms with Crippen molar-refractivity contribution in [3.05, 3.63) is 23.2 Å². The molecule has 20 heavy (non-hydrogen) atoms. The van der Waals surface area contributed by atoms with Gasteiger partial charge in [0.1, 0.15) is 12.2 Å². The van der Waals surface area contributed by atoms with Gasteiger partial charge in [0.15, 0.2) is 0 Å². The Balaban J connectivity index is 2.54. The third-order valence-corrected chi connectivity index (χ3v) is 3.07. The van der Waals surface area contributed by atoms with Crippen LogP contribution in [0.4, 0.5) is 5.69 Å². The molecule has 0 spiro atoms. The highest BCUT2D eigenvalue weighted by molar-refractivity contribution is 6.32. The molecule has 0 bridgehead atoms. The predicted octanol–water partition coefficient (Wildman–Crippen LogP) is 2.59. The number of methoxy groups -OCH3 is 1. The molecule has 0 heterocycles. The first-order valence-corrected chi connectivity index (χ1v) is 6.76. The Hall–Kier alpha value is -1.75. The van der Waals surface area contributed by atoms with Crippen LogP contribution >= 0.6 is 11.6 Å². The fraction of sp³-hybridized carbons (Fsp3) is 0.429. The summed E-state index contributed by atoms with van der Waals surface area (Å²) < 4.78 is 5.02. The van der Waals surface area contributed by atoms with Gasteiger partial charge in [-0.25, -0.2) is 0 Å². The van der Waals surface area contributed by atoms with E-state index in [0.29, 0.717) is 16.5 Å². The molecule has 1 aromatic carbocycles. The number of anilines is 1. The molecule has 1 rings (SSSR count). The first-order chi connectivity index (χ1) is 9.46. The second-order valence-electron chi connectivity index (χ2n) is 4.45. The predicted molar refractivity (Wildman–Crippen MR) is 79.1 cm³/mol. The molecule has 1 unspecified atom stereocenters. The molecule has 0 saturated carbocycles. The fourth-order valence-corrected chi connectivity index (χ4v) is 1.78. The first-order valence-electron chi connectivity index (χ1n) is 6.39. The molecule has 2 N–H and O–H groups in total. The molecular weight excluding hydrogens is 280 g/mol. The SMILES string of the molecule is CCC(C)NC(=O)CC(=O)Nc1ccc(OC)c(Cl)c1. The monoisotopic (exact) mass is 298 g/mol. The number of carbonyl (C=O) groups is 2. The van der Waals surface area contributed by atoms with E-state index in [1.165, 1.54) is 7.11 Å². The number of carbonyl (C=O) groups excluding carboxylic acids is 2. The van der Waals surface area contributed by atoms with Gasteiger partial charge >= 0.3 is 0 Å². The van der Waals surface area contributed by atoms with Crippen LogP contribution in [0.15, 0.2) is 18.2 Å². The highest BCUT2D eigenvalue weighted by Gasteiger charge is 2.12. The Morgan fingerprint density at radius 2 is 2.05 bits per heavy atom. The Labute approximate surface area is 123 Å². The van der Waals surface area contributed by atoms with Crippen LogP contribution in [-0.2, 0) is 9.59 Å². The van der Waals surface area contributed by atoms with Crippen molar-refractivity contribution in [2.45, 2.75) is 32.7 Å². The van der Waals surface area contributed by atoms with E-state index < -0.39 is 0 Å². The summed E-state index contributed by atoms with van der Waals surface area (Å²) in [5, 5.41) is 5.74. The van der Waals surface area contributed by atoms with E-state index in [-0.39, 0.29) is 24.3 Å². The van der Waals surface area contributed by atoms with Gasteiger partial charge in [-0.2, -0.15) is 0 Å². The number of hydrogen-bond acceptors (Lipinski definition) is 3. The van der Waals surface area contributed by atoms with Gasteiger partial charge in [-0.05, 0) is 31.5 Å². The van der Waals surface area contributed by atoms with Crippen molar-refractivity contribution in [1.29, 1.82) is 0 Å². The molecule has 0 aliphatic rings. The smallest absolute Gasteiger partial charge is 0.233 e. The third-order valence-electron chi connectivity index (χ3n) is 2.78. The zero-order chi connectivity index (χ0) is 15.1. The maximum atomic E-state index is 11.7. The van der Waals surface area contributed by atoms with Crippen molar-refractivity contribution >= 4 is 29.1 Å². The van der Waals surface area contributed by atoms with Gasteiger partial charge in [-0.1, -0.05) is 18.5 Å². The van der Waals surface area contributed by atoms with Gasteiger partial charge in [-0.15, -0.1) is 0 Å². The number of hydrogen-bond donors (Lipinski definition) is 2. The zero-order valence-corrected chi connectivity index (χ0v) is 12.6. The van der Waals surface area contributed by atoms with Gasteiger partial charge in [-0.3, -0.25) is 9.59 Å². The minimum atomic E-state index is -0.382. The topological polar surface area (TPSA) is 67.4 Å². The number of benzene rings is 1. The lowest BCUT2D eigenvalue weighted by molar-refractivity contribution is -0.127. The Morgan fingerprint density at radius 3 is 2.60 bits per heavy atom. The van der Waals surface area contributed by atoms with E-state index in [9.17, 15) is 9.59 Å². The summed E-state index contributed by atoms with van der Waals surface area (Å²) in [7, 11) is 1.51. The number of ether oxygens (including phenoxy) is 1. The molecule has 2 amide bonds. The molecule has 0 saturated heterocycles.